The zero-order valence-corrected chi connectivity index (χ0v) is 18.7. The third-order valence-electron chi connectivity index (χ3n) is 5.84. The summed E-state index contributed by atoms with van der Waals surface area (Å²) in [5.41, 5.74) is 3.69. The van der Waals surface area contributed by atoms with Crippen molar-refractivity contribution in [1.29, 1.82) is 0 Å². The second-order valence-electron chi connectivity index (χ2n) is 7.82. The van der Waals surface area contributed by atoms with E-state index in [0.717, 1.165) is 27.0 Å². The average Bonchev–Trinajstić information content (AvgIpc) is 3.39. The molecular weight excluding hydrogens is 422 g/mol. The van der Waals surface area contributed by atoms with Crippen LogP contribution in [0.5, 0.6) is 0 Å². The van der Waals surface area contributed by atoms with Crippen LogP contribution in [-0.4, -0.2) is 28.0 Å². The molecule has 0 saturated carbocycles. The second-order valence-corrected chi connectivity index (χ2v) is 8.77. The van der Waals surface area contributed by atoms with Crippen LogP contribution in [0.3, 0.4) is 0 Å². The van der Waals surface area contributed by atoms with E-state index in [9.17, 15) is 9.59 Å². The number of nitrogens with zero attached hydrogens (tertiary/aromatic N) is 3. The molecule has 5 rings (SSSR count). The molecule has 1 amide bonds. The molecule has 1 aliphatic heterocycles. The third-order valence-corrected chi connectivity index (χ3v) is 6.93. The highest BCUT2D eigenvalue weighted by atomic mass is 32.1. The number of thiophene rings is 1. The minimum absolute atomic E-state index is 0.217. The molecule has 2 aromatic heterocycles. The van der Waals surface area contributed by atoms with E-state index in [1.54, 1.807) is 23.2 Å². The van der Waals surface area contributed by atoms with Gasteiger partial charge in [0.25, 0.3) is 0 Å². The van der Waals surface area contributed by atoms with Crippen LogP contribution in [-0.2, 0) is 20.9 Å². The minimum Gasteiger partial charge on any atom is -0.465 e. The smallest absolute Gasteiger partial charge is 0.321 e. The highest BCUT2D eigenvalue weighted by molar-refractivity contribution is 7.10. The number of carbonyl (C=O) groups is 2. The number of benzene rings is 2. The van der Waals surface area contributed by atoms with Gasteiger partial charge < -0.3 is 4.74 Å². The number of aromatic nitrogens is 2. The van der Waals surface area contributed by atoms with Gasteiger partial charge in [-0.1, -0.05) is 42.5 Å². The number of para-hydroxylation sites is 2. The van der Waals surface area contributed by atoms with Gasteiger partial charge in [-0.05, 0) is 48.6 Å². The molecule has 0 unspecified atom stereocenters. The summed E-state index contributed by atoms with van der Waals surface area (Å²) in [6.45, 7) is 4.31. The Morgan fingerprint density at radius 2 is 1.84 bits per heavy atom. The van der Waals surface area contributed by atoms with E-state index >= 15 is 0 Å². The number of hydrogen-bond donors (Lipinski definition) is 0. The van der Waals surface area contributed by atoms with Crippen molar-refractivity contribution < 1.29 is 14.3 Å². The fraction of sp³-hybridized carbons (Fsp3) is 0.240. The lowest BCUT2D eigenvalue weighted by molar-refractivity contribution is -0.153. The fourth-order valence-electron chi connectivity index (χ4n) is 4.38. The number of amides is 1. The lowest BCUT2D eigenvalue weighted by atomic mass is 9.92. The van der Waals surface area contributed by atoms with E-state index in [0.29, 0.717) is 12.5 Å². The fourth-order valence-corrected chi connectivity index (χ4v) is 5.43. The molecule has 0 N–H and O–H groups in total. The molecule has 0 saturated heterocycles. The van der Waals surface area contributed by atoms with Crippen molar-refractivity contribution in [3.05, 3.63) is 82.0 Å². The largest absolute Gasteiger partial charge is 0.465 e. The molecular formula is C25H23N3O3S. The molecule has 0 fully saturated rings. The van der Waals surface area contributed by atoms with Crippen molar-refractivity contribution in [2.75, 3.05) is 11.5 Å². The zero-order valence-electron chi connectivity index (χ0n) is 17.9. The summed E-state index contributed by atoms with van der Waals surface area (Å²) in [5, 5.41) is 1.99. The Bertz CT molecular complexity index is 1290. The topological polar surface area (TPSA) is 64.4 Å². The van der Waals surface area contributed by atoms with Crippen LogP contribution in [0.2, 0.25) is 0 Å². The van der Waals surface area contributed by atoms with Crippen LogP contribution < -0.4 is 4.90 Å². The number of esters is 1. The third kappa shape index (κ3) is 3.29. The molecule has 4 aromatic rings. The lowest BCUT2D eigenvalue weighted by Gasteiger charge is -2.37. The van der Waals surface area contributed by atoms with Gasteiger partial charge in [-0.25, -0.2) is 4.98 Å². The van der Waals surface area contributed by atoms with Crippen LogP contribution in [0, 0.1) is 12.8 Å². The SMILES string of the molecule is CCOC(=O)[C@H]1C(=O)N(Cc2ccccc2)c2nc3ccccc3n2[C@@H]1c1sccc1C. The predicted molar refractivity (Wildman–Crippen MR) is 125 cm³/mol. The molecule has 3 heterocycles. The average molecular weight is 446 g/mol. The highest BCUT2D eigenvalue weighted by Crippen LogP contribution is 2.44. The number of hydrogen-bond acceptors (Lipinski definition) is 5. The number of ether oxygens (including phenoxy) is 1. The van der Waals surface area contributed by atoms with Crippen LogP contribution in [0.15, 0.2) is 66.0 Å². The molecule has 2 atom stereocenters. The molecule has 6 nitrogen and oxygen atoms in total. The quantitative estimate of drug-likeness (QED) is 0.329. The van der Waals surface area contributed by atoms with Gasteiger partial charge in [0.05, 0.1) is 30.2 Å². The monoisotopic (exact) mass is 445 g/mol. The maximum absolute atomic E-state index is 13.9. The van der Waals surface area contributed by atoms with Crippen molar-refractivity contribution in [2.24, 2.45) is 5.92 Å². The van der Waals surface area contributed by atoms with E-state index in [1.807, 2.05) is 77.5 Å². The predicted octanol–water partition coefficient (Wildman–Crippen LogP) is 4.72. The zero-order chi connectivity index (χ0) is 22.2. The van der Waals surface area contributed by atoms with Crippen molar-refractivity contribution in [3.8, 4) is 0 Å². The van der Waals surface area contributed by atoms with E-state index < -0.39 is 17.9 Å². The number of anilines is 1. The Balaban J connectivity index is 1.76. The molecule has 0 spiro atoms. The van der Waals surface area contributed by atoms with Crippen LogP contribution in [0.4, 0.5) is 5.95 Å². The van der Waals surface area contributed by atoms with Crippen molar-refractivity contribution in [1.82, 2.24) is 9.55 Å². The van der Waals surface area contributed by atoms with Gasteiger partial charge in [0, 0.05) is 4.88 Å². The van der Waals surface area contributed by atoms with Gasteiger partial charge >= 0.3 is 5.97 Å². The summed E-state index contributed by atoms with van der Waals surface area (Å²) in [4.78, 5) is 34.5. The molecule has 0 bridgehead atoms. The maximum Gasteiger partial charge on any atom is 0.321 e. The first-order valence-electron chi connectivity index (χ1n) is 10.6. The maximum atomic E-state index is 13.9. The van der Waals surface area contributed by atoms with Crippen molar-refractivity contribution >= 4 is 40.2 Å². The van der Waals surface area contributed by atoms with E-state index in [4.69, 9.17) is 9.72 Å². The first-order valence-corrected chi connectivity index (χ1v) is 11.5. The van der Waals surface area contributed by atoms with Gasteiger partial charge in [-0.15, -0.1) is 11.3 Å². The summed E-state index contributed by atoms with van der Waals surface area (Å²) < 4.78 is 7.45. The van der Waals surface area contributed by atoms with Gasteiger partial charge in [0.2, 0.25) is 11.9 Å². The van der Waals surface area contributed by atoms with E-state index in [2.05, 4.69) is 0 Å². The first kappa shape index (κ1) is 20.5. The lowest BCUT2D eigenvalue weighted by Crippen LogP contribution is -2.49. The van der Waals surface area contributed by atoms with Crippen LogP contribution in [0.1, 0.15) is 29.0 Å². The minimum atomic E-state index is -0.985. The number of rotatable bonds is 5. The van der Waals surface area contributed by atoms with Crippen LogP contribution in [0.25, 0.3) is 11.0 Å². The van der Waals surface area contributed by atoms with Gasteiger partial charge in [0.1, 0.15) is 0 Å². The molecule has 0 radical (unpaired) electrons. The molecule has 7 heteroatoms. The molecule has 1 aliphatic rings. The normalized spacial score (nSPS) is 18.1. The Kier molecular flexibility index (Phi) is 5.27. The summed E-state index contributed by atoms with van der Waals surface area (Å²) in [5.74, 6) is -1.22. The molecule has 0 aliphatic carbocycles. The summed E-state index contributed by atoms with van der Waals surface area (Å²) in [6, 6.07) is 19.1. The molecule has 32 heavy (non-hydrogen) atoms. The van der Waals surface area contributed by atoms with Crippen molar-refractivity contribution in [3.63, 3.8) is 0 Å². The van der Waals surface area contributed by atoms with E-state index in [-0.39, 0.29) is 12.5 Å². The van der Waals surface area contributed by atoms with Gasteiger partial charge in [-0.2, -0.15) is 0 Å². The summed E-state index contributed by atoms with van der Waals surface area (Å²) >= 11 is 1.55. The van der Waals surface area contributed by atoms with Crippen LogP contribution >= 0.6 is 11.3 Å². The first-order chi connectivity index (χ1) is 15.6. The Morgan fingerprint density at radius 3 is 2.56 bits per heavy atom. The second kappa shape index (κ2) is 8.24. The Labute approximate surface area is 190 Å². The number of aryl methyl sites for hydroxylation is 1. The standard InChI is InChI=1S/C25H23N3O3S/c1-3-31-24(30)20-21(22-16(2)13-14-32-22)28-19-12-8-7-11-18(19)26-25(28)27(23(20)29)15-17-9-5-4-6-10-17/h4-14,20-21H,3,15H2,1-2H3/t20-,21+/m1/s1. The van der Waals surface area contributed by atoms with Gasteiger partial charge in [-0.3, -0.25) is 19.1 Å². The molecule has 162 valence electrons. The summed E-state index contributed by atoms with van der Waals surface area (Å²) in [6.07, 6.45) is 0. The number of imidazole rings is 1. The Hall–Kier alpha value is -3.45. The van der Waals surface area contributed by atoms with E-state index in [1.165, 1.54) is 0 Å². The summed E-state index contributed by atoms with van der Waals surface area (Å²) in [7, 11) is 0. The number of fused-ring (bicyclic) bond motifs is 3. The number of carbonyl (C=O) groups excluding carboxylic acids is 2. The Morgan fingerprint density at radius 1 is 1.09 bits per heavy atom. The van der Waals surface area contributed by atoms with Crippen molar-refractivity contribution in [2.45, 2.75) is 26.4 Å². The molecule has 2 aromatic carbocycles. The highest BCUT2D eigenvalue weighted by Gasteiger charge is 2.48. The van der Waals surface area contributed by atoms with Gasteiger partial charge in [0.15, 0.2) is 5.92 Å².